The van der Waals surface area contributed by atoms with Gasteiger partial charge in [0.15, 0.2) is 5.82 Å². The van der Waals surface area contributed by atoms with Gasteiger partial charge in [0.05, 0.1) is 15.1 Å². The van der Waals surface area contributed by atoms with Crippen LogP contribution in [0.15, 0.2) is 24.4 Å². The molecule has 0 atom stereocenters. The van der Waals surface area contributed by atoms with Crippen molar-refractivity contribution >= 4 is 34.8 Å². The smallest absolute Gasteiger partial charge is 0.225 e. The summed E-state index contributed by atoms with van der Waals surface area (Å²) in [4.78, 5) is 3.27. The molecule has 2 aromatic rings. The predicted octanol–water partition coefficient (Wildman–Crippen LogP) is 4.99. The van der Waals surface area contributed by atoms with Crippen molar-refractivity contribution in [2.24, 2.45) is 0 Å². The van der Waals surface area contributed by atoms with E-state index in [4.69, 9.17) is 34.8 Å². The first-order chi connectivity index (χ1) is 7.99. The van der Waals surface area contributed by atoms with E-state index in [0.29, 0.717) is 11.1 Å². The molecular weight excluding hydrogens is 290 g/mol. The van der Waals surface area contributed by atoms with Crippen molar-refractivity contribution in [2.75, 3.05) is 0 Å². The van der Waals surface area contributed by atoms with Gasteiger partial charge in [-0.3, -0.25) is 0 Å². The molecule has 17 heavy (non-hydrogen) atoms. The zero-order chi connectivity index (χ0) is 12.6. The van der Waals surface area contributed by atoms with Crippen molar-refractivity contribution in [3.8, 4) is 11.1 Å². The Morgan fingerprint density at radius 3 is 2.18 bits per heavy atom. The second-order valence-corrected chi connectivity index (χ2v) is 4.46. The fourth-order valence-corrected chi connectivity index (χ4v) is 1.97. The highest BCUT2D eigenvalue weighted by atomic mass is 35.5. The SMILES string of the molecule is Fc1cc(-c2cc(Cl)c(Cl)cc2Cl)cnc1F. The second kappa shape index (κ2) is 4.77. The van der Waals surface area contributed by atoms with Crippen LogP contribution in [0.3, 0.4) is 0 Å². The van der Waals surface area contributed by atoms with Gasteiger partial charge < -0.3 is 0 Å². The Bertz CT molecular complexity index is 587. The minimum absolute atomic E-state index is 0.274. The first-order valence-corrected chi connectivity index (χ1v) is 5.58. The Balaban J connectivity index is 2.60. The molecule has 0 aliphatic carbocycles. The lowest BCUT2D eigenvalue weighted by Gasteiger charge is -2.06. The molecule has 0 N–H and O–H groups in total. The number of aromatic nitrogens is 1. The van der Waals surface area contributed by atoms with Crippen molar-refractivity contribution in [3.63, 3.8) is 0 Å². The van der Waals surface area contributed by atoms with Crippen LogP contribution in [0.25, 0.3) is 11.1 Å². The number of halogens is 5. The molecule has 0 saturated heterocycles. The molecule has 2 rings (SSSR count). The summed E-state index contributed by atoms with van der Waals surface area (Å²) in [6, 6.07) is 3.90. The van der Waals surface area contributed by atoms with Crippen LogP contribution in [-0.2, 0) is 0 Å². The van der Waals surface area contributed by atoms with E-state index in [-0.39, 0.29) is 15.1 Å². The molecule has 1 nitrogen and oxygen atoms in total. The van der Waals surface area contributed by atoms with Gasteiger partial charge in [0.1, 0.15) is 0 Å². The fraction of sp³-hybridized carbons (Fsp3) is 0. The molecule has 1 aromatic heterocycles. The topological polar surface area (TPSA) is 12.9 Å². The number of rotatable bonds is 1. The summed E-state index contributed by atoms with van der Waals surface area (Å²) in [7, 11) is 0. The summed E-state index contributed by atoms with van der Waals surface area (Å²) >= 11 is 17.5. The van der Waals surface area contributed by atoms with E-state index >= 15 is 0 Å². The molecule has 0 aliphatic rings. The van der Waals surface area contributed by atoms with Gasteiger partial charge >= 0.3 is 0 Å². The van der Waals surface area contributed by atoms with E-state index < -0.39 is 11.8 Å². The third kappa shape index (κ3) is 2.51. The largest absolute Gasteiger partial charge is 0.248 e. The van der Waals surface area contributed by atoms with Crippen molar-refractivity contribution in [1.29, 1.82) is 0 Å². The minimum Gasteiger partial charge on any atom is -0.225 e. The average Bonchev–Trinajstić information content (AvgIpc) is 2.27. The molecule has 0 radical (unpaired) electrons. The minimum atomic E-state index is -1.16. The van der Waals surface area contributed by atoms with Gasteiger partial charge in [-0.05, 0) is 18.2 Å². The van der Waals surface area contributed by atoms with Crippen LogP contribution in [0.4, 0.5) is 8.78 Å². The van der Waals surface area contributed by atoms with Crippen LogP contribution in [0.5, 0.6) is 0 Å². The van der Waals surface area contributed by atoms with Gasteiger partial charge in [0.2, 0.25) is 5.95 Å². The Kier molecular flexibility index (Phi) is 3.52. The van der Waals surface area contributed by atoms with E-state index in [1.165, 1.54) is 18.3 Å². The van der Waals surface area contributed by atoms with Crippen LogP contribution >= 0.6 is 34.8 Å². The van der Waals surface area contributed by atoms with E-state index in [2.05, 4.69) is 4.98 Å². The van der Waals surface area contributed by atoms with Crippen molar-refractivity contribution < 1.29 is 8.78 Å². The van der Waals surface area contributed by atoms with Crippen molar-refractivity contribution in [1.82, 2.24) is 4.98 Å². The maximum atomic E-state index is 13.0. The fourth-order valence-electron chi connectivity index (χ4n) is 1.31. The van der Waals surface area contributed by atoms with E-state index in [0.717, 1.165) is 6.07 Å². The summed E-state index contributed by atoms with van der Waals surface area (Å²) < 4.78 is 25.7. The van der Waals surface area contributed by atoms with Crippen LogP contribution < -0.4 is 0 Å². The molecule has 0 aliphatic heterocycles. The Morgan fingerprint density at radius 1 is 0.882 bits per heavy atom. The molecule has 0 saturated carbocycles. The number of hydrogen-bond donors (Lipinski definition) is 0. The third-order valence-electron chi connectivity index (χ3n) is 2.12. The summed E-state index contributed by atoms with van der Waals surface area (Å²) in [6.07, 6.45) is 1.17. The monoisotopic (exact) mass is 293 g/mol. The van der Waals surface area contributed by atoms with Gasteiger partial charge in [-0.15, -0.1) is 0 Å². The van der Waals surface area contributed by atoms with Gasteiger partial charge in [-0.2, -0.15) is 4.39 Å². The maximum absolute atomic E-state index is 13.0. The lowest BCUT2D eigenvalue weighted by molar-refractivity contribution is 0.480. The Hall–Kier alpha value is -0.900. The highest BCUT2D eigenvalue weighted by molar-refractivity contribution is 6.44. The van der Waals surface area contributed by atoms with Gasteiger partial charge in [0, 0.05) is 17.3 Å². The van der Waals surface area contributed by atoms with Crippen molar-refractivity contribution in [2.45, 2.75) is 0 Å². The van der Waals surface area contributed by atoms with Gasteiger partial charge in [-0.1, -0.05) is 34.8 Å². The highest BCUT2D eigenvalue weighted by Gasteiger charge is 2.11. The summed E-state index contributed by atoms with van der Waals surface area (Å²) in [5.74, 6) is -2.21. The second-order valence-electron chi connectivity index (χ2n) is 3.24. The quantitative estimate of drug-likeness (QED) is 0.533. The molecule has 88 valence electrons. The third-order valence-corrected chi connectivity index (χ3v) is 3.15. The molecule has 6 heteroatoms. The molecule has 0 fully saturated rings. The zero-order valence-electron chi connectivity index (χ0n) is 8.15. The lowest BCUT2D eigenvalue weighted by atomic mass is 10.1. The first kappa shape index (κ1) is 12.6. The molecule has 0 amide bonds. The molecule has 0 spiro atoms. The summed E-state index contributed by atoms with van der Waals surface area (Å²) in [5.41, 5.74) is 0.764. The van der Waals surface area contributed by atoms with Crippen molar-refractivity contribution in [3.05, 3.63) is 51.2 Å². The number of hydrogen-bond acceptors (Lipinski definition) is 1. The molecule has 0 unspecified atom stereocenters. The molecule has 1 heterocycles. The number of benzene rings is 1. The first-order valence-electron chi connectivity index (χ1n) is 4.45. The normalized spacial score (nSPS) is 10.6. The van der Waals surface area contributed by atoms with Crippen LogP contribution in [0.2, 0.25) is 15.1 Å². The van der Waals surface area contributed by atoms with E-state index in [1.807, 2.05) is 0 Å². The molecule has 1 aromatic carbocycles. The summed E-state index contributed by atoms with van der Waals surface area (Å²) in [5, 5.41) is 0.846. The Labute approximate surface area is 111 Å². The zero-order valence-corrected chi connectivity index (χ0v) is 10.4. The molecular formula is C11H4Cl3F2N. The van der Waals surface area contributed by atoms with Crippen LogP contribution in [-0.4, -0.2) is 4.98 Å². The maximum Gasteiger partial charge on any atom is 0.248 e. The van der Waals surface area contributed by atoms with E-state index in [1.54, 1.807) is 0 Å². The van der Waals surface area contributed by atoms with Gasteiger partial charge in [-0.25, -0.2) is 9.37 Å². The van der Waals surface area contributed by atoms with Gasteiger partial charge in [0.25, 0.3) is 0 Å². The standard InChI is InChI=1S/C11H4Cl3F2N/c12-7-3-9(14)8(13)2-6(7)5-1-10(15)11(16)17-4-5/h1-4H. The van der Waals surface area contributed by atoms with E-state index in [9.17, 15) is 8.78 Å². The summed E-state index contributed by atoms with van der Waals surface area (Å²) in [6.45, 7) is 0. The lowest BCUT2D eigenvalue weighted by Crippen LogP contribution is -1.91. The van der Waals surface area contributed by atoms with Crippen LogP contribution in [0, 0.1) is 11.8 Å². The predicted molar refractivity (Wildman–Crippen MR) is 64.6 cm³/mol. The number of nitrogens with zero attached hydrogens (tertiary/aromatic N) is 1. The van der Waals surface area contributed by atoms with Crippen LogP contribution in [0.1, 0.15) is 0 Å². The average molecular weight is 295 g/mol. The Morgan fingerprint density at radius 2 is 1.53 bits per heavy atom. The highest BCUT2D eigenvalue weighted by Crippen LogP contribution is 2.35. The molecule has 0 bridgehead atoms. The number of pyridine rings is 1.